The van der Waals surface area contributed by atoms with Crippen molar-refractivity contribution in [3.63, 3.8) is 0 Å². The number of aryl methyl sites for hydroxylation is 2. The zero-order chi connectivity index (χ0) is 13.1. The molecule has 0 amide bonds. The van der Waals surface area contributed by atoms with E-state index in [0.717, 1.165) is 17.2 Å². The third-order valence-electron chi connectivity index (χ3n) is 2.43. The lowest BCUT2D eigenvalue weighted by molar-refractivity contribution is 0.995. The first-order valence-corrected chi connectivity index (χ1v) is 6.90. The van der Waals surface area contributed by atoms with Crippen molar-refractivity contribution in [3.8, 4) is 0 Å². The van der Waals surface area contributed by atoms with Crippen LogP contribution in [-0.4, -0.2) is 9.97 Å². The molecule has 1 heterocycles. The van der Waals surface area contributed by atoms with Crippen LogP contribution < -0.4 is 5.73 Å². The van der Waals surface area contributed by atoms with Crippen molar-refractivity contribution in [2.24, 2.45) is 0 Å². The average Bonchev–Trinajstić information content (AvgIpc) is 2.26. The molecule has 1 aromatic carbocycles. The topological polar surface area (TPSA) is 51.8 Å². The Bertz CT molecular complexity index is 552. The van der Waals surface area contributed by atoms with E-state index < -0.39 is 0 Å². The van der Waals surface area contributed by atoms with Crippen molar-refractivity contribution in [2.45, 2.75) is 24.5 Å². The summed E-state index contributed by atoms with van der Waals surface area (Å²) >= 11 is 7.59. The van der Waals surface area contributed by atoms with Gasteiger partial charge in [-0.1, -0.05) is 11.6 Å². The van der Waals surface area contributed by atoms with Crippen LogP contribution in [0.4, 0.5) is 5.69 Å². The summed E-state index contributed by atoms with van der Waals surface area (Å²) in [6.07, 6.45) is 0. The number of rotatable bonds is 3. The fraction of sp³-hybridized carbons (Fsp3) is 0.231. The molecule has 94 valence electrons. The van der Waals surface area contributed by atoms with E-state index in [1.165, 1.54) is 10.5 Å². The van der Waals surface area contributed by atoms with Gasteiger partial charge in [-0.3, -0.25) is 0 Å². The fourth-order valence-corrected chi connectivity index (χ4v) is 2.75. The van der Waals surface area contributed by atoms with E-state index in [-0.39, 0.29) is 0 Å². The summed E-state index contributed by atoms with van der Waals surface area (Å²) in [5, 5.41) is 0.493. The maximum atomic E-state index is 5.91. The molecule has 0 radical (unpaired) electrons. The first-order chi connectivity index (χ1) is 8.54. The van der Waals surface area contributed by atoms with E-state index in [1.807, 2.05) is 32.0 Å². The molecule has 0 aliphatic heterocycles. The van der Waals surface area contributed by atoms with Crippen LogP contribution in [0, 0.1) is 13.8 Å². The van der Waals surface area contributed by atoms with Crippen molar-refractivity contribution in [1.82, 2.24) is 9.97 Å². The van der Waals surface area contributed by atoms with Gasteiger partial charge in [-0.05, 0) is 43.7 Å². The van der Waals surface area contributed by atoms with E-state index in [0.29, 0.717) is 10.9 Å². The van der Waals surface area contributed by atoms with E-state index in [1.54, 1.807) is 17.8 Å². The molecule has 0 bridgehead atoms. The average molecular weight is 280 g/mol. The third-order valence-corrected chi connectivity index (χ3v) is 3.79. The Labute approximate surface area is 116 Å². The number of hydrogen-bond acceptors (Lipinski definition) is 4. The quantitative estimate of drug-likeness (QED) is 0.530. The minimum absolute atomic E-state index is 0.493. The Kier molecular flexibility index (Phi) is 4.09. The predicted molar refractivity (Wildman–Crippen MR) is 76.9 cm³/mol. The highest BCUT2D eigenvalue weighted by Crippen LogP contribution is 2.26. The Morgan fingerprint density at radius 3 is 2.67 bits per heavy atom. The van der Waals surface area contributed by atoms with Gasteiger partial charge in [0.2, 0.25) is 0 Å². The predicted octanol–water partition coefficient (Wildman–Crippen LogP) is 3.62. The summed E-state index contributed by atoms with van der Waals surface area (Å²) in [7, 11) is 0. The molecule has 0 aliphatic rings. The van der Waals surface area contributed by atoms with E-state index in [2.05, 4.69) is 9.97 Å². The Morgan fingerprint density at radius 1 is 1.22 bits per heavy atom. The van der Waals surface area contributed by atoms with E-state index in [9.17, 15) is 0 Å². The van der Waals surface area contributed by atoms with E-state index >= 15 is 0 Å². The van der Waals surface area contributed by atoms with Crippen LogP contribution >= 0.6 is 23.4 Å². The van der Waals surface area contributed by atoms with Crippen molar-refractivity contribution in [2.75, 3.05) is 5.73 Å². The molecule has 0 atom stereocenters. The highest BCUT2D eigenvalue weighted by Gasteiger charge is 2.04. The Balaban J connectivity index is 2.11. The highest BCUT2D eigenvalue weighted by atomic mass is 35.5. The van der Waals surface area contributed by atoms with Gasteiger partial charge in [0, 0.05) is 16.3 Å². The molecule has 5 heteroatoms. The van der Waals surface area contributed by atoms with Crippen LogP contribution in [0.5, 0.6) is 0 Å². The number of halogens is 1. The largest absolute Gasteiger partial charge is 0.399 e. The molecule has 0 saturated heterocycles. The Morgan fingerprint density at radius 2 is 2.00 bits per heavy atom. The van der Waals surface area contributed by atoms with Gasteiger partial charge >= 0.3 is 0 Å². The van der Waals surface area contributed by atoms with Gasteiger partial charge in [0.25, 0.3) is 0 Å². The molecule has 18 heavy (non-hydrogen) atoms. The lowest BCUT2D eigenvalue weighted by Gasteiger charge is -2.06. The summed E-state index contributed by atoms with van der Waals surface area (Å²) in [5.74, 6) is 1.45. The third kappa shape index (κ3) is 3.37. The van der Waals surface area contributed by atoms with Crippen molar-refractivity contribution >= 4 is 29.1 Å². The smallest absolute Gasteiger partial charge is 0.140 e. The van der Waals surface area contributed by atoms with Crippen molar-refractivity contribution in [3.05, 3.63) is 46.5 Å². The van der Waals surface area contributed by atoms with Crippen LogP contribution in [0.15, 0.2) is 29.2 Å². The van der Waals surface area contributed by atoms with Gasteiger partial charge in [0.05, 0.1) is 5.75 Å². The van der Waals surface area contributed by atoms with Crippen LogP contribution in [-0.2, 0) is 5.75 Å². The number of benzene rings is 1. The maximum Gasteiger partial charge on any atom is 0.140 e. The summed E-state index contributed by atoms with van der Waals surface area (Å²) in [5.41, 5.74) is 8.56. The first-order valence-electron chi connectivity index (χ1n) is 5.53. The number of anilines is 1. The van der Waals surface area contributed by atoms with Gasteiger partial charge in [0.1, 0.15) is 11.0 Å². The van der Waals surface area contributed by atoms with Gasteiger partial charge in [-0.15, -0.1) is 11.8 Å². The molecule has 2 N–H and O–H groups in total. The van der Waals surface area contributed by atoms with Crippen molar-refractivity contribution in [1.29, 1.82) is 0 Å². The van der Waals surface area contributed by atoms with Gasteiger partial charge in [-0.2, -0.15) is 0 Å². The fourth-order valence-electron chi connectivity index (χ4n) is 1.63. The second-order valence-electron chi connectivity index (χ2n) is 4.06. The van der Waals surface area contributed by atoms with E-state index in [4.69, 9.17) is 17.3 Å². The molecular formula is C13H14ClN3S. The first kappa shape index (κ1) is 13.2. The molecule has 0 saturated carbocycles. The number of thioether (sulfide) groups is 1. The molecule has 0 unspecified atom stereocenters. The summed E-state index contributed by atoms with van der Waals surface area (Å²) in [6, 6.07) is 7.64. The highest BCUT2D eigenvalue weighted by molar-refractivity contribution is 7.98. The van der Waals surface area contributed by atoms with Gasteiger partial charge in [0.15, 0.2) is 0 Å². The maximum absolute atomic E-state index is 5.91. The molecule has 0 spiro atoms. The zero-order valence-corrected chi connectivity index (χ0v) is 11.8. The summed E-state index contributed by atoms with van der Waals surface area (Å²) in [4.78, 5) is 9.75. The molecule has 2 aromatic rings. The lowest BCUT2D eigenvalue weighted by Crippen LogP contribution is -1.95. The minimum atomic E-state index is 0.493. The zero-order valence-electron chi connectivity index (χ0n) is 10.3. The molecule has 3 nitrogen and oxygen atoms in total. The molecule has 1 aromatic heterocycles. The molecule has 0 aliphatic carbocycles. The van der Waals surface area contributed by atoms with Crippen LogP contribution in [0.25, 0.3) is 0 Å². The summed E-state index contributed by atoms with van der Waals surface area (Å²) in [6.45, 7) is 3.96. The van der Waals surface area contributed by atoms with Crippen LogP contribution in [0.2, 0.25) is 5.15 Å². The van der Waals surface area contributed by atoms with Crippen LogP contribution in [0.3, 0.4) is 0 Å². The normalized spacial score (nSPS) is 10.6. The van der Waals surface area contributed by atoms with Crippen molar-refractivity contribution < 1.29 is 0 Å². The second kappa shape index (κ2) is 5.59. The number of nitrogens with zero attached hydrogens (tertiary/aromatic N) is 2. The number of aromatic nitrogens is 2. The molecule has 2 rings (SSSR count). The monoisotopic (exact) mass is 279 g/mol. The van der Waals surface area contributed by atoms with Crippen LogP contribution in [0.1, 0.15) is 17.1 Å². The molecule has 0 fully saturated rings. The SMILES string of the molecule is Cc1cc(Cl)nc(CSc2ccc(N)cc2C)n1. The van der Waals surface area contributed by atoms with Gasteiger partial charge < -0.3 is 5.73 Å². The minimum Gasteiger partial charge on any atom is -0.399 e. The number of nitrogens with two attached hydrogens (primary N) is 1. The molecular weight excluding hydrogens is 266 g/mol. The van der Waals surface area contributed by atoms with Gasteiger partial charge in [-0.25, -0.2) is 9.97 Å². The summed E-state index contributed by atoms with van der Waals surface area (Å²) < 4.78 is 0. The number of hydrogen-bond donors (Lipinski definition) is 1. The standard InChI is InChI=1S/C13H14ClN3S/c1-8-5-10(15)3-4-11(8)18-7-13-16-9(2)6-12(14)17-13/h3-6H,7,15H2,1-2H3. The Hall–Kier alpha value is -1.26. The number of nitrogen functional groups attached to an aromatic ring is 1. The second-order valence-corrected chi connectivity index (χ2v) is 5.47. The lowest BCUT2D eigenvalue weighted by atomic mass is 10.2.